The number of hydrogen-bond donors (Lipinski definition) is 1. The summed E-state index contributed by atoms with van der Waals surface area (Å²) in [7, 11) is 0. The van der Waals surface area contributed by atoms with Crippen LogP contribution in [0.2, 0.25) is 0 Å². The van der Waals surface area contributed by atoms with Gasteiger partial charge in [-0.25, -0.2) is 15.0 Å². The van der Waals surface area contributed by atoms with E-state index in [1.54, 1.807) is 0 Å². The van der Waals surface area contributed by atoms with Crippen molar-refractivity contribution in [3.63, 3.8) is 0 Å². The van der Waals surface area contributed by atoms with Gasteiger partial charge in [-0.3, -0.25) is 0 Å². The third-order valence-electron chi connectivity index (χ3n) is 3.24. The third kappa shape index (κ3) is 2.98. The minimum atomic E-state index is 0.832. The molecule has 2 aromatic heterocycles. The van der Waals surface area contributed by atoms with Crippen LogP contribution in [0.4, 0.5) is 5.82 Å². The average molecular weight is 273 g/mol. The quantitative estimate of drug-likeness (QED) is 0.878. The Bertz CT molecular complexity index is 574. The van der Waals surface area contributed by atoms with Crippen molar-refractivity contribution in [2.45, 2.75) is 47.1 Å². The van der Waals surface area contributed by atoms with Gasteiger partial charge in [0.15, 0.2) is 11.6 Å². The van der Waals surface area contributed by atoms with Gasteiger partial charge in [-0.05, 0) is 26.7 Å². The Hall–Kier alpha value is -1.91. The average Bonchev–Trinajstić information content (AvgIpc) is 2.88. The molecule has 0 aliphatic rings. The predicted octanol–water partition coefficient (Wildman–Crippen LogP) is 3.19. The van der Waals surface area contributed by atoms with Gasteiger partial charge in [0.25, 0.3) is 0 Å². The number of aromatic nitrogens is 4. The van der Waals surface area contributed by atoms with E-state index < -0.39 is 0 Å². The van der Waals surface area contributed by atoms with Gasteiger partial charge in [-0.1, -0.05) is 13.8 Å². The van der Waals surface area contributed by atoms with Gasteiger partial charge in [0.1, 0.15) is 5.69 Å². The lowest BCUT2D eigenvalue weighted by Gasteiger charge is -2.13. The molecule has 0 saturated heterocycles. The molecule has 2 rings (SSSR count). The van der Waals surface area contributed by atoms with Crippen LogP contribution in [0.15, 0.2) is 12.4 Å². The van der Waals surface area contributed by atoms with Gasteiger partial charge in [-0.15, -0.1) is 0 Å². The highest BCUT2D eigenvalue weighted by Crippen LogP contribution is 2.24. The predicted molar refractivity (Wildman–Crippen MR) is 81.8 cm³/mol. The van der Waals surface area contributed by atoms with Crippen molar-refractivity contribution in [3.8, 4) is 11.5 Å². The number of hydrogen-bond acceptors (Lipinski definition) is 4. The number of aryl methyl sites for hydroxylation is 3. The van der Waals surface area contributed by atoms with E-state index in [4.69, 9.17) is 4.98 Å². The van der Waals surface area contributed by atoms with Gasteiger partial charge >= 0.3 is 0 Å². The van der Waals surface area contributed by atoms with E-state index in [9.17, 15) is 0 Å². The molecule has 0 unspecified atom stereocenters. The number of imidazole rings is 1. The summed E-state index contributed by atoms with van der Waals surface area (Å²) in [4.78, 5) is 13.8. The lowest BCUT2D eigenvalue weighted by Crippen LogP contribution is -2.10. The first-order valence-electron chi connectivity index (χ1n) is 7.28. The summed E-state index contributed by atoms with van der Waals surface area (Å²) in [6.45, 7) is 10.1. The molecule has 0 aliphatic carbocycles. The Morgan fingerprint density at radius 1 is 1.10 bits per heavy atom. The zero-order valence-electron chi connectivity index (χ0n) is 12.8. The van der Waals surface area contributed by atoms with Crippen molar-refractivity contribution >= 4 is 5.82 Å². The Balaban J connectivity index is 2.47. The second kappa shape index (κ2) is 6.50. The monoisotopic (exact) mass is 273 g/mol. The number of nitrogens with zero attached hydrogens (tertiary/aromatic N) is 4. The molecule has 0 spiro atoms. The molecule has 20 heavy (non-hydrogen) atoms. The first-order valence-corrected chi connectivity index (χ1v) is 7.28. The van der Waals surface area contributed by atoms with Gasteiger partial charge < -0.3 is 9.88 Å². The summed E-state index contributed by atoms with van der Waals surface area (Å²) in [6, 6.07) is 0. The molecule has 5 heteroatoms. The fraction of sp³-hybridized carbons (Fsp3) is 0.533. The van der Waals surface area contributed by atoms with E-state index in [1.165, 1.54) is 0 Å². The van der Waals surface area contributed by atoms with E-state index in [-0.39, 0.29) is 0 Å². The van der Waals surface area contributed by atoms with E-state index in [1.807, 2.05) is 26.2 Å². The molecule has 0 aromatic carbocycles. The molecule has 0 bridgehead atoms. The molecule has 0 amide bonds. The van der Waals surface area contributed by atoms with Crippen molar-refractivity contribution in [2.75, 3.05) is 11.9 Å². The van der Waals surface area contributed by atoms with E-state index in [0.717, 1.165) is 54.7 Å². The highest BCUT2D eigenvalue weighted by Gasteiger charge is 2.15. The fourth-order valence-corrected chi connectivity index (χ4v) is 2.07. The van der Waals surface area contributed by atoms with Crippen LogP contribution in [0.25, 0.3) is 11.5 Å². The van der Waals surface area contributed by atoms with Gasteiger partial charge in [-0.2, -0.15) is 0 Å². The minimum Gasteiger partial charge on any atom is -0.368 e. The second-order valence-electron chi connectivity index (χ2n) is 4.96. The first kappa shape index (κ1) is 14.5. The molecule has 0 fully saturated rings. The largest absolute Gasteiger partial charge is 0.368 e. The van der Waals surface area contributed by atoms with Crippen molar-refractivity contribution in [1.29, 1.82) is 0 Å². The summed E-state index contributed by atoms with van der Waals surface area (Å²) in [5, 5.41) is 3.36. The van der Waals surface area contributed by atoms with Gasteiger partial charge in [0.05, 0.1) is 11.4 Å². The van der Waals surface area contributed by atoms with E-state index in [2.05, 4.69) is 33.7 Å². The zero-order chi connectivity index (χ0) is 14.5. The molecule has 0 radical (unpaired) electrons. The maximum atomic E-state index is 4.70. The molecule has 0 saturated carbocycles. The Labute approximate surface area is 120 Å². The smallest absolute Gasteiger partial charge is 0.162 e. The first-order chi connectivity index (χ1) is 9.67. The molecular weight excluding hydrogens is 250 g/mol. The van der Waals surface area contributed by atoms with Crippen LogP contribution in [-0.2, 0) is 6.54 Å². The lowest BCUT2D eigenvalue weighted by atomic mass is 10.3. The maximum absolute atomic E-state index is 4.70. The van der Waals surface area contributed by atoms with Gasteiger partial charge in [0.2, 0.25) is 0 Å². The third-order valence-corrected chi connectivity index (χ3v) is 3.24. The Kier molecular flexibility index (Phi) is 4.71. The van der Waals surface area contributed by atoms with Crippen LogP contribution in [0.5, 0.6) is 0 Å². The van der Waals surface area contributed by atoms with Crippen LogP contribution < -0.4 is 5.32 Å². The number of anilines is 1. The van der Waals surface area contributed by atoms with Crippen molar-refractivity contribution < 1.29 is 0 Å². The molecule has 2 heterocycles. The van der Waals surface area contributed by atoms with E-state index >= 15 is 0 Å². The molecule has 0 atom stereocenters. The van der Waals surface area contributed by atoms with Crippen LogP contribution in [-0.4, -0.2) is 26.1 Å². The normalized spacial score (nSPS) is 10.8. The molecule has 0 aliphatic heterocycles. The van der Waals surface area contributed by atoms with Crippen LogP contribution >= 0.6 is 0 Å². The maximum Gasteiger partial charge on any atom is 0.162 e. The summed E-state index contributed by atoms with van der Waals surface area (Å²) in [5.74, 6) is 1.72. The Morgan fingerprint density at radius 2 is 1.85 bits per heavy atom. The zero-order valence-corrected chi connectivity index (χ0v) is 12.8. The number of rotatable bonds is 6. The highest BCUT2D eigenvalue weighted by molar-refractivity contribution is 5.66. The molecule has 1 N–H and O–H groups in total. The fourth-order valence-electron chi connectivity index (χ4n) is 2.07. The van der Waals surface area contributed by atoms with Crippen molar-refractivity contribution in [1.82, 2.24) is 19.5 Å². The van der Waals surface area contributed by atoms with Crippen LogP contribution in [0, 0.1) is 13.8 Å². The van der Waals surface area contributed by atoms with Crippen molar-refractivity contribution in [2.24, 2.45) is 0 Å². The summed E-state index contributed by atoms with van der Waals surface area (Å²) >= 11 is 0. The molecule has 5 nitrogen and oxygen atoms in total. The molecule has 108 valence electrons. The molecule has 2 aromatic rings. The number of nitrogens with one attached hydrogen (secondary N) is 1. The minimum absolute atomic E-state index is 0.832. The van der Waals surface area contributed by atoms with Gasteiger partial charge in [0, 0.05) is 25.5 Å². The SMILES string of the molecule is CCCNc1nc(C)c(C)nc1-c1nccn1CCC. The summed E-state index contributed by atoms with van der Waals surface area (Å²) in [6.07, 6.45) is 5.95. The van der Waals surface area contributed by atoms with Crippen LogP contribution in [0.1, 0.15) is 38.1 Å². The second-order valence-corrected chi connectivity index (χ2v) is 4.96. The lowest BCUT2D eigenvalue weighted by molar-refractivity contribution is 0.683. The highest BCUT2D eigenvalue weighted by atomic mass is 15.1. The standard InChI is InChI=1S/C15H23N5/c1-5-7-16-14-13(18-11(3)12(4)19-14)15-17-8-10-20(15)9-6-2/h8,10H,5-7,9H2,1-4H3,(H,16,19). The van der Waals surface area contributed by atoms with Crippen LogP contribution in [0.3, 0.4) is 0 Å². The Morgan fingerprint density at radius 3 is 2.55 bits per heavy atom. The van der Waals surface area contributed by atoms with Crippen molar-refractivity contribution in [3.05, 3.63) is 23.8 Å². The topological polar surface area (TPSA) is 55.6 Å². The summed E-state index contributed by atoms with van der Waals surface area (Å²) in [5.41, 5.74) is 2.76. The molecular formula is C15H23N5. The summed E-state index contributed by atoms with van der Waals surface area (Å²) < 4.78 is 2.13. The van der Waals surface area contributed by atoms with E-state index in [0.29, 0.717) is 0 Å².